The molecule has 1 rings (SSSR count). The number of hydrogen-bond acceptors (Lipinski definition) is 7. The van der Waals surface area contributed by atoms with Crippen LogP contribution in [0, 0.1) is 0 Å². The highest BCUT2D eigenvalue weighted by Gasteiger charge is 2.32. The van der Waals surface area contributed by atoms with Crippen LogP contribution in [0.1, 0.15) is 18.9 Å². The van der Waals surface area contributed by atoms with Crippen LogP contribution in [0.2, 0.25) is 0 Å². The number of carboxylic acids is 1. The van der Waals surface area contributed by atoms with Crippen LogP contribution < -0.4 is 21.7 Å². The Morgan fingerprint density at radius 3 is 2.19 bits per heavy atom. The molecule has 0 bridgehead atoms. The molecular formula is C20H30N4O6S. The van der Waals surface area contributed by atoms with Gasteiger partial charge in [0.25, 0.3) is 0 Å². The molecule has 0 fully saturated rings. The van der Waals surface area contributed by atoms with Crippen LogP contribution in [0.25, 0.3) is 0 Å². The van der Waals surface area contributed by atoms with Crippen LogP contribution in [-0.4, -0.2) is 76.7 Å². The van der Waals surface area contributed by atoms with Crippen molar-refractivity contribution in [3.8, 4) is 0 Å². The van der Waals surface area contributed by atoms with E-state index in [4.69, 9.17) is 5.73 Å². The molecule has 0 aliphatic heterocycles. The van der Waals surface area contributed by atoms with Crippen LogP contribution in [0.5, 0.6) is 0 Å². The van der Waals surface area contributed by atoms with Crippen molar-refractivity contribution >= 4 is 35.5 Å². The van der Waals surface area contributed by atoms with E-state index in [-0.39, 0.29) is 13.0 Å². The Balaban J connectivity index is 2.89. The van der Waals surface area contributed by atoms with Gasteiger partial charge in [0.2, 0.25) is 17.7 Å². The van der Waals surface area contributed by atoms with Gasteiger partial charge in [-0.2, -0.15) is 11.8 Å². The smallest absolute Gasteiger partial charge is 0.326 e. The first kappa shape index (κ1) is 26.4. The zero-order valence-corrected chi connectivity index (χ0v) is 18.4. The van der Waals surface area contributed by atoms with E-state index < -0.39 is 47.9 Å². The fourth-order valence-electron chi connectivity index (χ4n) is 2.73. The van der Waals surface area contributed by atoms with Crippen molar-refractivity contribution in [2.45, 2.75) is 44.0 Å². The summed E-state index contributed by atoms with van der Waals surface area (Å²) in [5.74, 6) is -2.74. The number of nitrogens with two attached hydrogens (primary N) is 1. The topological polar surface area (TPSA) is 171 Å². The molecule has 0 aliphatic carbocycles. The maximum absolute atomic E-state index is 12.7. The number of carboxylic acid groups (broad SMARTS) is 1. The number of carbonyl (C=O) groups excluding carboxylic acids is 3. The number of amides is 3. The molecule has 172 valence electrons. The lowest BCUT2D eigenvalue weighted by Crippen LogP contribution is -2.59. The standard InChI is InChI=1S/C20H30N4O6S/c1-12(25)17(24-18(27)14(8-9-31-2)22-16(26)11-21)19(28)23-15(20(29)30)10-13-6-4-3-5-7-13/h3-7,12,14-15,17,25H,8-11,21H2,1-2H3,(H,22,26)(H,23,28)(H,24,27)(H,29,30). The van der Waals surface area contributed by atoms with Crippen molar-refractivity contribution in [2.75, 3.05) is 18.6 Å². The van der Waals surface area contributed by atoms with Gasteiger partial charge in [0.15, 0.2) is 0 Å². The van der Waals surface area contributed by atoms with Crippen LogP contribution in [0.15, 0.2) is 30.3 Å². The summed E-state index contributed by atoms with van der Waals surface area (Å²) in [5.41, 5.74) is 5.99. The molecule has 11 heteroatoms. The molecule has 0 heterocycles. The SMILES string of the molecule is CSCCC(NC(=O)CN)C(=O)NC(C(=O)NC(Cc1ccccc1)C(=O)O)C(C)O. The summed E-state index contributed by atoms with van der Waals surface area (Å²) in [6.45, 7) is 0.996. The normalized spacial score (nSPS) is 14.6. The Kier molecular flexibility index (Phi) is 11.6. The van der Waals surface area contributed by atoms with Gasteiger partial charge in [-0.15, -0.1) is 0 Å². The summed E-state index contributed by atoms with van der Waals surface area (Å²) < 4.78 is 0. The molecule has 0 spiro atoms. The fourth-order valence-corrected chi connectivity index (χ4v) is 3.20. The minimum atomic E-state index is -1.41. The van der Waals surface area contributed by atoms with Gasteiger partial charge in [0.1, 0.15) is 18.1 Å². The van der Waals surface area contributed by atoms with Crippen LogP contribution in [0.3, 0.4) is 0 Å². The van der Waals surface area contributed by atoms with Gasteiger partial charge in [-0.05, 0) is 30.9 Å². The first-order chi connectivity index (χ1) is 14.7. The second-order valence-electron chi connectivity index (χ2n) is 6.92. The van der Waals surface area contributed by atoms with Crippen molar-refractivity contribution in [3.63, 3.8) is 0 Å². The zero-order chi connectivity index (χ0) is 23.4. The van der Waals surface area contributed by atoms with Gasteiger partial charge in [0.05, 0.1) is 12.6 Å². The summed E-state index contributed by atoms with van der Waals surface area (Å²) >= 11 is 1.47. The molecule has 0 saturated heterocycles. The van der Waals surface area contributed by atoms with Crippen molar-refractivity contribution in [2.24, 2.45) is 5.73 Å². The van der Waals surface area contributed by atoms with Gasteiger partial charge < -0.3 is 31.9 Å². The summed E-state index contributed by atoms with van der Waals surface area (Å²) in [5, 5.41) is 26.7. The van der Waals surface area contributed by atoms with Crippen molar-refractivity contribution < 1.29 is 29.4 Å². The maximum atomic E-state index is 12.7. The van der Waals surface area contributed by atoms with E-state index in [2.05, 4.69) is 16.0 Å². The van der Waals surface area contributed by atoms with Crippen LogP contribution in [-0.2, 0) is 25.6 Å². The monoisotopic (exact) mass is 454 g/mol. The third-order valence-electron chi connectivity index (χ3n) is 4.41. The first-order valence-corrected chi connectivity index (χ1v) is 11.1. The molecule has 0 radical (unpaired) electrons. The number of hydrogen-bond donors (Lipinski definition) is 6. The Morgan fingerprint density at radius 2 is 1.68 bits per heavy atom. The van der Waals surface area contributed by atoms with E-state index in [1.54, 1.807) is 30.3 Å². The van der Waals surface area contributed by atoms with E-state index in [0.717, 1.165) is 0 Å². The highest BCUT2D eigenvalue weighted by atomic mass is 32.2. The number of aliphatic hydroxyl groups is 1. The zero-order valence-electron chi connectivity index (χ0n) is 17.5. The van der Waals surface area contributed by atoms with Gasteiger partial charge in [-0.3, -0.25) is 14.4 Å². The third kappa shape index (κ3) is 9.37. The average molecular weight is 455 g/mol. The highest BCUT2D eigenvalue weighted by Crippen LogP contribution is 2.06. The number of rotatable bonds is 13. The third-order valence-corrected chi connectivity index (χ3v) is 5.05. The van der Waals surface area contributed by atoms with E-state index in [1.807, 2.05) is 6.26 Å². The van der Waals surface area contributed by atoms with E-state index in [0.29, 0.717) is 17.7 Å². The Hall–Kier alpha value is -2.63. The number of carbonyl (C=O) groups is 4. The molecule has 0 aliphatic rings. The lowest BCUT2D eigenvalue weighted by molar-refractivity contribution is -0.143. The van der Waals surface area contributed by atoms with Crippen molar-refractivity contribution in [3.05, 3.63) is 35.9 Å². The largest absolute Gasteiger partial charge is 0.480 e. The molecular weight excluding hydrogens is 424 g/mol. The number of nitrogens with one attached hydrogen (secondary N) is 3. The lowest BCUT2D eigenvalue weighted by atomic mass is 10.0. The average Bonchev–Trinajstić information content (AvgIpc) is 2.74. The van der Waals surface area contributed by atoms with Gasteiger partial charge >= 0.3 is 5.97 Å². The summed E-state index contributed by atoms with van der Waals surface area (Å²) in [4.78, 5) is 48.6. The molecule has 1 aromatic carbocycles. The molecule has 1 aromatic rings. The number of aliphatic carboxylic acids is 1. The van der Waals surface area contributed by atoms with Crippen molar-refractivity contribution in [1.82, 2.24) is 16.0 Å². The summed E-state index contributed by atoms with van der Waals surface area (Å²) in [6, 6.07) is 5.14. The predicted molar refractivity (Wildman–Crippen MR) is 117 cm³/mol. The molecule has 7 N–H and O–H groups in total. The Bertz CT molecular complexity index is 746. The number of aliphatic hydroxyl groups excluding tert-OH is 1. The quantitative estimate of drug-likeness (QED) is 0.217. The van der Waals surface area contributed by atoms with Crippen LogP contribution >= 0.6 is 11.8 Å². The second kappa shape index (κ2) is 13.6. The lowest BCUT2D eigenvalue weighted by Gasteiger charge is -2.26. The molecule has 10 nitrogen and oxygen atoms in total. The molecule has 3 amide bonds. The minimum absolute atomic E-state index is 0.0330. The Morgan fingerprint density at radius 1 is 1.03 bits per heavy atom. The molecule has 4 unspecified atom stereocenters. The van der Waals surface area contributed by atoms with Gasteiger partial charge in [-0.25, -0.2) is 4.79 Å². The molecule has 0 aromatic heterocycles. The van der Waals surface area contributed by atoms with Gasteiger partial charge in [-0.1, -0.05) is 30.3 Å². The van der Waals surface area contributed by atoms with E-state index in [1.165, 1.54) is 18.7 Å². The molecule has 0 saturated carbocycles. The fraction of sp³-hybridized carbons (Fsp3) is 0.500. The number of benzene rings is 1. The second-order valence-corrected chi connectivity index (χ2v) is 7.91. The van der Waals surface area contributed by atoms with Gasteiger partial charge in [0, 0.05) is 6.42 Å². The molecule has 31 heavy (non-hydrogen) atoms. The van der Waals surface area contributed by atoms with E-state index >= 15 is 0 Å². The first-order valence-electron chi connectivity index (χ1n) is 9.73. The summed E-state index contributed by atoms with van der Waals surface area (Å²) in [7, 11) is 0. The maximum Gasteiger partial charge on any atom is 0.326 e. The minimum Gasteiger partial charge on any atom is -0.480 e. The van der Waals surface area contributed by atoms with Crippen molar-refractivity contribution in [1.29, 1.82) is 0 Å². The predicted octanol–water partition coefficient (Wildman–Crippen LogP) is -1.14. The number of thioether (sulfide) groups is 1. The van der Waals surface area contributed by atoms with E-state index in [9.17, 15) is 29.4 Å². The van der Waals surface area contributed by atoms with Crippen LogP contribution in [0.4, 0.5) is 0 Å². The Labute approximate surface area is 185 Å². The highest BCUT2D eigenvalue weighted by molar-refractivity contribution is 7.98. The molecule has 4 atom stereocenters. The summed E-state index contributed by atoms with van der Waals surface area (Å²) in [6.07, 6.45) is 0.857.